The van der Waals surface area contributed by atoms with Gasteiger partial charge in [0.1, 0.15) is 6.61 Å². The Hall–Kier alpha value is -2.73. The monoisotopic (exact) mass is 381 g/mol. The molecule has 2 N–H and O–H groups in total. The second-order valence-corrected chi connectivity index (χ2v) is 7.60. The molecule has 0 aliphatic rings. The van der Waals surface area contributed by atoms with E-state index in [0.717, 1.165) is 21.0 Å². The molecule has 1 amide bonds. The molecule has 0 saturated carbocycles. The third-order valence-electron chi connectivity index (χ3n) is 4.16. The second-order valence-electron chi connectivity index (χ2n) is 6.53. The van der Waals surface area contributed by atoms with Crippen molar-refractivity contribution in [2.75, 3.05) is 0 Å². The molecule has 27 heavy (non-hydrogen) atoms. The van der Waals surface area contributed by atoms with Crippen LogP contribution in [-0.4, -0.2) is 15.6 Å². The first-order valence-electron chi connectivity index (χ1n) is 8.80. The van der Waals surface area contributed by atoms with Crippen LogP contribution in [0.2, 0.25) is 0 Å². The predicted molar refractivity (Wildman–Crippen MR) is 107 cm³/mol. The van der Waals surface area contributed by atoms with E-state index in [4.69, 9.17) is 10.5 Å². The zero-order valence-electron chi connectivity index (χ0n) is 15.5. The molecule has 2 aromatic heterocycles. The molecule has 6 heteroatoms. The standard InChI is InChI=1S/C21H23N3O2S/c1-15(2)19-17(14-26-21(22)25)13-24(12-16-8-10-23-11-9-16)20(19)27-18-6-4-3-5-7-18/h3-11,13,15H,12,14H2,1-2H3,(H2,22,25). The summed E-state index contributed by atoms with van der Waals surface area (Å²) in [5.74, 6) is 0.279. The number of pyridine rings is 1. The number of benzene rings is 1. The Kier molecular flexibility index (Phi) is 6.19. The third-order valence-corrected chi connectivity index (χ3v) is 5.31. The van der Waals surface area contributed by atoms with E-state index in [-0.39, 0.29) is 12.5 Å². The van der Waals surface area contributed by atoms with Gasteiger partial charge in [-0.1, -0.05) is 43.8 Å². The Morgan fingerprint density at radius 2 is 1.89 bits per heavy atom. The van der Waals surface area contributed by atoms with E-state index in [1.807, 2.05) is 30.3 Å². The van der Waals surface area contributed by atoms with E-state index >= 15 is 0 Å². The number of ether oxygens (including phenoxy) is 1. The van der Waals surface area contributed by atoms with Crippen LogP contribution in [0.4, 0.5) is 4.79 Å². The maximum atomic E-state index is 11.1. The average molecular weight is 382 g/mol. The van der Waals surface area contributed by atoms with Gasteiger partial charge in [-0.05, 0) is 41.3 Å². The molecule has 5 nitrogen and oxygen atoms in total. The number of aromatic nitrogens is 2. The molecule has 140 valence electrons. The lowest BCUT2D eigenvalue weighted by Gasteiger charge is -2.14. The Balaban J connectivity index is 2.02. The molecule has 0 aliphatic heterocycles. The highest BCUT2D eigenvalue weighted by atomic mass is 32.2. The van der Waals surface area contributed by atoms with Gasteiger partial charge in [0.2, 0.25) is 0 Å². The molecule has 0 radical (unpaired) electrons. The average Bonchev–Trinajstić information content (AvgIpc) is 2.99. The van der Waals surface area contributed by atoms with E-state index < -0.39 is 6.09 Å². The molecule has 3 aromatic rings. The van der Waals surface area contributed by atoms with Crippen LogP contribution in [0.5, 0.6) is 0 Å². The summed E-state index contributed by atoms with van der Waals surface area (Å²) in [6, 6.07) is 14.3. The number of amides is 1. The van der Waals surface area contributed by atoms with Crippen molar-refractivity contribution < 1.29 is 9.53 Å². The normalized spacial score (nSPS) is 10.9. The van der Waals surface area contributed by atoms with Gasteiger partial charge in [0.15, 0.2) is 0 Å². The fourth-order valence-electron chi connectivity index (χ4n) is 3.01. The summed E-state index contributed by atoms with van der Waals surface area (Å²) in [7, 11) is 0. The molecular weight excluding hydrogens is 358 g/mol. The molecular formula is C21H23N3O2S. The van der Waals surface area contributed by atoms with Gasteiger partial charge in [-0.3, -0.25) is 4.98 Å². The Morgan fingerprint density at radius 3 is 2.52 bits per heavy atom. The van der Waals surface area contributed by atoms with Gasteiger partial charge in [-0.25, -0.2) is 4.79 Å². The number of hydrogen-bond acceptors (Lipinski definition) is 4. The highest BCUT2D eigenvalue weighted by Crippen LogP contribution is 2.38. The summed E-state index contributed by atoms with van der Waals surface area (Å²) >= 11 is 1.72. The number of primary amides is 1. The number of nitrogens with two attached hydrogens (primary N) is 1. The molecule has 0 atom stereocenters. The van der Waals surface area contributed by atoms with E-state index in [1.165, 1.54) is 5.56 Å². The van der Waals surface area contributed by atoms with E-state index in [9.17, 15) is 4.79 Å². The van der Waals surface area contributed by atoms with Crippen molar-refractivity contribution in [2.45, 2.75) is 42.8 Å². The highest BCUT2D eigenvalue weighted by molar-refractivity contribution is 7.99. The second kappa shape index (κ2) is 8.77. The van der Waals surface area contributed by atoms with Gasteiger partial charge in [-0.2, -0.15) is 0 Å². The molecule has 1 aromatic carbocycles. The Labute approximate surface area is 163 Å². The van der Waals surface area contributed by atoms with Gasteiger partial charge in [-0.15, -0.1) is 0 Å². The number of hydrogen-bond donors (Lipinski definition) is 1. The van der Waals surface area contributed by atoms with E-state index in [0.29, 0.717) is 6.54 Å². The van der Waals surface area contributed by atoms with Gasteiger partial charge >= 0.3 is 6.09 Å². The number of carbonyl (C=O) groups is 1. The smallest absolute Gasteiger partial charge is 0.404 e. The maximum Gasteiger partial charge on any atom is 0.404 e. The molecule has 2 heterocycles. The van der Waals surface area contributed by atoms with Crippen LogP contribution in [-0.2, 0) is 17.9 Å². The van der Waals surface area contributed by atoms with Crippen molar-refractivity contribution in [3.05, 3.63) is 77.7 Å². The summed E-state index contributed by atoms with van der Waals surface area (Å²) in [6.07, 6.45) is 4.89. The summed E-state index contributed by atoms with van der Waals surface area (Å²) in [5, 5.41) is 1.15. The van der Waals surface area contributed by atoms with Gasteiger partial charge in [0.25, 0.3) is 0 Å². The van der Waals surface area contributed by atoms with Crippen molar-refractivity contribution in [3.8, 4) is 0 Å². The first kappa shape index (κ1) is 19.0. The van der Waals surface area contributed by atoms with Crippen molar-refractivity contribution in [1.82, 2.24) is 9.55 Å². The van der Waals surface area contributed by atoms with Crippen LogP contribution < -0.4 is 5.73 Å². The topological polar surface area (TPSA) is 70.1 Å². The molecule has 0 spiro atoms. The minimum absolute atomic E-state index is 0.175. The number of nitrogens with zero attached hydrogens (tertiary/aromatic N) is 2. The van der Waals surface area contributed by atoms with Crippen LogP contribution >= 0.6 is 11.8 Å². The van der Waals surface area contributed by atoms with Crippen LogP contribution in [0.1, 0.15) is 36.5 Å². The molecule has 0 saturated heterocycles. The van der Waals surface area contributed by atoms with Gasteiger partial charge in [0.05, 0.1) is 5.03 Å². The summed E-state index contributed by atoms with van der Waals surface area (Å²) in [6.45, 7) is 5.19. The molecule has 0 aliphatic carbocycles. The lowest BCUT2D eigenvalue weighted by molar-refractivity contribution is 0.150. The lowest BCUT2D eigenvalue weighted by Crippen LogP contribution is -2.13. The first-order chi connectivity index (χ1) is 13.0. The van der Waals surface area contributed by atoms with Gasteiger partial charge < -0.3 is 15.0 Å². The van der Waals surface area contributed by atoms with Crippen LogP contribution in [0.3, 0.4) is 0 Å². The minimum Gasteiger partial charge on any atom is -0.445 e. The fourth-order valence-corrected chi connectivity index (χ4v) is 4.23. The van der Waals surface area contributed by atoms with Gasteiger partial charge in [0, 0.05) is 35.6 Å². The van der Waals surface area contributed by atoms with Crippen molar-refractivity contribution in [3.63, 3.8) is 0 Å². The quantitative estimate of drug-likeness (QED) is 0.638. The van der Waals surface area contributed by atoms with E-state index in [1.54, 1.807) is 24.2 Å². The molecule has 0 unspecified atom stereocenters. The molecule has 3 rings (SSSR count). The highest BCUT2D eigenvalue weighted by Gasteiger charge is 2.20. The summed E-state index contributed by atoms with van der Waals surface area (Å²) in [5.41, 5.74) is 8.50. The predicted octanol–water partition coefficient (Wildman–Crippen LogP) is 4.80. The van der Waals surface area contributed by atoms with Crippen LogP contribution in [0.25, 0.3) is 0 Å². The third kappa shape index (κ3) is 4.92. The first-order valence-corrected chi connectivity index (χ1v) is 9.62. The lowest BCUT2D eigenvalue weighted by atomic mass is 10.0. The van der Waals surface area contributed by atoms with Crippen molar-refractivity contribution >= 4 is 17.9 Å². The SMILES string of the molecule is CC(C)c1c(COC(N)=O)cn(Cc2ccncc2)c1Sc1ccccc1. The largest absolute Gasteiger partial charge is 0.445 e. The Bertz CT molecular complexity index is 893. The Morgan fingerprint density at radius 1 is 1.19 bits per heavy atom. The van der Waals surface area contributed by atoms with Crippen molar-refractivity contribution in [2.24, 2.45) is 5.73 Å². The van der Waals surface area contributed by atoms with E-state index in [2.05, 4.69) is 41.7 Å². The van der Waals surface area contributed by atoms with Crippen LogP contribution in [0, 0.1) is 0 Å². The molecule has 0 fully saturated rings. The summed E-state index contributed by atoms with van der Waals surface area (Å²) in [4.78, 5) is 16.4. The zero-order valence-corrected chi connectivity index (χ0v) is 16.3. The molecule has 0 bridgehead atoms. The fraction of sp³-hybridized carbons (Fsp3) is 0.238. The minimum atomic E-state index is -0.760. The zero-order chi connectivity index (χ0) is 19.2. The van der Waals surface area contributed by atoms with Crippen LogP contribution in [0.15, 0.2) is 71.0 Å². The number of carbonyl (C=O) groups excluding carboxylic acids is 1. The number of rotatable bonds is 7. The van der Waals surface area contributed by atoms with Crippen molar-refractivity contribution in [1.29, 1.82) is 0 Å². The maximum absolute atomic E-state index is 11.1. The summed E-state index contributed by atoms with van der Waals surface area (Å²) < 4.78 is 7.30.